The highest BCUT2D eigenvalue weighted by molar-refractivity contribution is 7.92. The van der Waals surface area contributed by atoms with Crippen LogP contribution in [0.2, 0.25) is 0 Å². The lowest BCUT2D eigenvalue weighted by Crippen LogP contribution is -2.15. The van der Waals surface area contributed by atoms with Crippen molar-refractivity contribution >= 4 is 27.4 Å². The predicted molar refractivity (Wildman–Crippen MR) is 83.5 cm³/mol. The van der Waals surface area contributed by atoms with Crippen LogP contribution in [-0.2, 0) is 10.0 Å². The van der Waals surface area contributed by atoms with Gasteiger partial charge >= 0.3 is 0 Å². The number of pyridine rings is 1. The number of rotatable bonds is 4. The summed E-state index contributed by atoms with van der Waals surface area (Å²) in [4.78, 5) is 16.0. The Kier molecular flexibility index (Phi) is 4.32. The molecule has 3 N–H and O–H groups in total. The van der Waals surface area contributed by atoms with E-state index >= 15 is 0 Å². The number of amides is 1. The van der Waals surface area contributed by atoms with Gasteiger partial charge in [0.25, 0.3) is 5.91 Å². The zero-order valence-corrected chi connectivity index (χ0v) is 12.8. The van der Waals surface area contributed by atoms with E-state index < -0.39 is 15.9 Å². The fourth-order valence-corrected chi connectivity index (χ4v) is 2.37. The molecule has 1 aromatic heterocycles. The van der Waals surface area contributed by atoms with Crippen LogP contribution in [-0.4, -0.2) is 30.7 Å². The first kappa shape index (κ1) is 15.8. The van der Waals surface area contributed by atoms with E-state index in [-0.39, 0.29) is 17.1 Å². The number of benzene rings is 1. The van der Waals surface area contributed by atoms with Crippen molar-refractivity contribution < 1.29 is 18.3 Å². The number of hydrogen-bond donors (Lipinski definition) is 3. The molecule has 0 spiro atoms. The van der Waals surface area contributed by atoms with Crippen molar-refractivity contribution in [3.8, 4) is 5.75 Å². The van der Waals surface area contributed by atoms with Gasteiger partial charge in [0.15, 0.2) is 11.6 Å². The van der Waals surface area contributed by atoms with Crippen LogP contribution in [0.1, 0.15) is 15.9 Å². The predicted octanol–water partition coefficient (Wildman–Crippen LogP) is 1.72. The third-order valence-electron chi connectivity index (χ3n) is 2.81. The number of carbonyl (C=O) groups excluding carboxylic acids is 1. The maximum Gasteiger partial charge on any atom is 0.256 e. The molecule has 0 bridgehead atoms. The lowest BCUT2D eigenvalue weighted by molar-refractivity contribution is 0.102. The minimum absolute atomic E-state index is 0.0331. The molecule has 116 valence electrons. The van der Waals surface area contributed by atoms with E-state index in [4.69, 9.17) is 0 Å². The molecule has 1 amide bonds. The number of sulfonamides is 1. The number of nitrogens with zero attached hydrogens (tertiary/aromatic N) is 1. The summed E-state index contributed by atoms with van der Waals surface area (Å²) in [6, 6.07) is 7.53. The quantitative estimate of drug-likeness (QED) is 0.794. The highest BCUT2D eigenvalue weighted by Gasteiger charge is 2.12. The van der Waals surface area contributed by atoms with Gasteiger partial charge in [0.2, 0.25) is 10.0 Å². The average molecular weight is 321 g/mol. The fraction of sp³-hybridized carbons (Fsp3) is 0.143. The van der Waals surface area contributed by atoms with E-state index in [2.05, 4.69) is 15.0 Å². The van der Waals surface area contributed by atoms with Gasteiger partial charge in [-0.1, -0.05) is 6.07 Å². The van der Waals surface area contributed by atoms with Gasteiger partial charge in [0.05, 0.1) is 11.9 Å². The van der Waals surface area contributed by atoms with Crippen LogP contribution >= 0.6 is 0 Å². The number of nitrogens with one attached hydrogen (secondary N) is 2. The molecule has 1 aromatic carbocycles. The molecule has 2 aromatic rings. The Morgan fingerprint density at radius 3 is 2.64 bits per heavy atom. The van der Waals surface area contributed by atoms with Crippen LogP contribution < -0.4 is 10.0 Å². The van der Waals surface area contributed by atoms with Gasteiger partial charge in [0.1, 0.15) is 0 Å². The number of hydrogen-bond acceptors (Lipinski definition) is 5. The monoisotopic (exact) mass is 321 g/mol. The molecule has 8 heteroatoms. The van der Waals surface area contributed by atoms with Gasteiger partial charge in [-0.3, -0.25) is 9.52 Å². The third-order valence-corrected chi connectivity index (χ3v) is 3.40. The van der Waals surface area contributed by atoms with Gasteiger partial charge in [-0.2, -0.15) is 0 Å². The SMILES string of the molecule is Cc1ccc(C(=O)Nc2ncccc2O)cc1NS(C)(=O)=O. The van der Waals surface area contributed by atoms with Gasteiger partial charge in [0, 0.05) is 11.8 Å². The molecule has 7 nitrogen and oxygen atoms in total. The van der Waals surface area contributed by atoms with Crippen molar-refractivity contribution in [3.05, 3.63) is 47.7 Å². The van der Waals surface area contributed by atoms with Crippen LogP contribution in [0.15, 0.2) is 36.5 Å². The first-order valence-corrected chi connectivity index (χ1v) is 8.19. The van der Waals surface area contributed by atoms with E-state index in [1.165, 1.54) is 24.4 Å². The lowest BCUT2D eigenvalue weighted by Gasteiger charge is -2.10. The number of carbonyl (C=O) groups is 1. The summed E-state index contributed by atoms with van der Waals surface area (Å²) < 4.78 is 25.0. The van der Waals surface area contributed by atoms with Crippen molar-refractivity contribution in [3.63, 3.8) is 0 Å². The molecule has 0 aliphatic heterocycles. The first-order valence-electron chi connectivity index (χ1n) is 6.30. The molecule has 0 atom stereocenters. The summed E-state index contributed by atoms with van der Waals surface area (Å²) in [6.45, 7) is 1.72. The number of aryl methyl sites for hydroxylation is 1. The van der Waals surface area contributed by atoms with Crippen LogP contribution in [0.5, 0.6) is 5.75 Å². The summed E-state index contributed by atoms with van der Waals surface area (Å²) in [5.41, 5.74) is 1.24. The normalized spacial score (nSPS) is 11.0. The molecular weight excluding hydrogens is 306 g/mol. The van der Waals surface area contributed by atoms with Gasteiger partial charge in [-0.25, -0.2) is 13.4 Å². The first-order chi connectivity index (χ1) is 10.3. The highest BCUT2D eigenvalue weighted by Crippen LogP contribution is 2.21. The Bertz CT molecular complexity index is 819. The van der Waals surface area contributed by atoms with Crippen molar-refractivity contribution in [2.75, 3.05) is 16.3 Å². The maximum atomic E-state index is 12.2. The zero-order valence-electron chi connectivity index (χ0n) is 12.0. The Labute approximate surface area is 128 Å². The molecule has 0 saturated heterocycles. The summed E-state index contributed by atoms with van der Waals surface area (Å²) >= 11 is 0. The molecule has 0 fully saturated rings. The second-order valence-corrected chi connectivity index (χ2v) is 6.48. The summed E-state index contributed by atoms with van der Waals surface area (Å²) in [5, 5.41) is 12.0. The van der Waals surface area contributed by atoms with E-state index in [1.807, 2.05) is 0 Å². The van der Waals surface area contributed by atoms with Crippen molar-refractivity contribution in [2.24, 2.45) is 0 Å². The van der Waals surface area contributed by atoms with E-state index in [0.29, 0.717) is 11.3 Å². The fourth-order valence-electron chi connectivity index (χ4n) is 1.75. The van der Waals surface area contributed by atoms with Crippen LogP contribution in [0.25, 0.3) is 0 Å². The second-order valence-electron chi connectivity index (χ2n) is 4.73. The molecule has 0 aliphatic carbocycles. The van der Waals surface area contributed by atoms with Gasteiger partial charge < -0.3 is 10.4 Å². The van der Waals surface area contributed by atoms with Gasteiger partial charge in [-0.15, -0.1) is 0 Å². The highest BCUT2D eigenvalue weighted by atomic mass is 32.2. The second kappa shape index (κ2) is 6.02. The Morgan fingerprint density at radius 1 is 1.27 bits per heavy atom. The molecule has 0 radical (unpaired) electrons. The zero-order chi connectivity index (χ0) is 16.3. The Balaban J connectivity index is 2.27. The van der Waals surface area contributed by atoms with E-state index in [1.54, 1.807) is 19.1 Å². The van der Waals surface area contributed by atoms with Crippen LogP contribution in [0.3, 0.4) is 0 Å². The molecule has 0 saturated carbocycles. The smallest absolute Gasteiger partial charge is 0.256 e. The molecule has 0 unspecified atom stereocenters. The summed E-state index contributed by atoms with van der Waals surface area (Å²) in [6.07, 6.45) is 2.46. The molecule has 22 heavy (non-hydrogen) atoms. The standard InChI is InChI=1S/C14H15N3O4S/c1-9-5-6-10(8-11(9)17-22(2,20)21)14(19)16-13-12(18)4-3-7-15-13/h3-8,17-18H,1-2H3,(H,15,16,19). The molecule has 0 aliphatic rings. The van der Waals surface area contributed by atoms with Crippen molar-refractivity contribution in [1.82, 2.24) is 4.98 Å². The maximum absolute atomic E-state index is 12.2. The Hall–Kier alpha value is -2.61. The number of anilines is 2. The molecular formula is C14H15N3O4S. The Morgan fingerprint density at radius 2 is 2.00 bits per heavy atom. The summed E-state index contributed by atoms with van der Waals surface area (Å²) in [7, 11) is -3.44. The van der Waals surface area contributed by atoms with E-state index in [0.717, 1.165) is 6.26 Å². The number of aromatic hydroxyl groups is 1. The average Bonchev–Trinajstić information content (AvgIpc) is 2.42. The topological polar surface area (TPSA) is 108 Å². The van der Waals surface area contributed by atoms with Crippen molar-refractivity contribution in [1.29, 1.82) is 0 Å². The minimum Gasteiger partial charge on any atom is -0.504 e. The lowest BCUT2D eigenvalue weighted by atomic mass is 10.1. The van der Waals surface area contributed by atoms with Gasteiger partial charge in [-0.05, 0) is 36.8 Å². The van der Waals surface area contributed by atoms with Crippen LogP contribution in [0, 0.1) is 6.92 Å². The minimum atomic E-state index is -3.44. The summed E-state index contributed by atoms with van der Waals surface area (Å²) in [5.74, 6) is -0.631. The third kappa shape index (κ3) is 3.95. The van der Waals surface area contributed by atoms with Crippen LogP contribution in [0.4, 0.5) is 11.5 Å². The van der Waals surface area contributed by atoms with E-state index in [9.17, 15) is 18.3 Å². The number of aromatic nitrogens is 1. The largest absolute Gasteiger partial charge is 0.504 e. The van der Waals surface area contributed by atoms with Crippen molar-refractivity contribution in [2.45, 2.75) is 6.92 Å². The molecule has 1 heterocycles. The molecule has 2 rings (SSSR count).